The van der Waals surface area contributed by atoms with E-state index in [1.807, 2.05) is 66.5 Å². The number of benzene rings is 3. The monoisotopic (exact) mass is 408 g/mol. The van der Waals surface area contributed by atoms with E-state index in [4.69, 9.17) is 14.3 Å². The van der Waals surface area contributed by atoms with Gasteiger partial charge in [-0.2, -0.15) is 5.10 Å². The van der Waals surface area contributed by atoms with Crippen molar-refractivity contribution in [3.8, 4) is 5.75 Å². The molecule has 3 aromatic carbocycles. The second kappa shape index (κ2) is 6.84. The molecule has 0 unspecified atom stereocenters. The van der Waals surface area contributed by atoms with Gasteiger partial charge in [0.2, 0.25) is 11.7 Å². The highest BCUT2D eigenvalue weighted by Crippen LogP contribution is 2.47. The maximum Gasteiger partial charge on any atom is 0.220 e. The molecule has 5 heteroatoms. The Morgan fingerprint density at radius 1 is 0.968 bits per heavy atom. The van der Waals surface area contributed by atoms with Crippen molar-refractivity contribution >= 4 is 16.7 Å². The molecule has 2 atom stereocenters. The fourth-order valence-electron chi connectivity index (χ4n) is 4.47. The first kappa shape index (κ1) is 18.0. The summed E-state index contributed by atoms with van der Waals surface area (Å²) >= 11 is 0. The summed E-state index contributed by atoms with van der Waals surface area (Å²) in [7, 11) is 0. The van der Waals surface area contributed by atoms with Crippen LogP contribution >= 0.6 is 0 Å². The molecule has 2 aliphatic heterocycles. The summed E-state index contributed by atoms with van der Waals surface area (Å²) in [5.41, 5.74) is 5.09. The Balaban J connectivity index is 1.52. The predicted octanol–water partition coefficient (Wildman–Crippen LogP) is 5.34. The van der Waals surface area contributed by atoms with Crippen LogP contribution in [0.4, 0.5) is 0 Å². The van der Waals surface area contributed by atoms with Crippen molar-refractivity contribution in [2.24, 2.45) is 5.10 Å². The molecule has 4 aromatic rings. The zero-order chi connectivity index (χ0) is 20.9. The molecule has 152 valence electrons. The summed E-state index contributed by atoms with van der Waals surface area (Å²) in [5, 5.41) is 7.39. The Hall–Kier alpha value is -3.86. The first-order valence-corrected chi connectivity index (χ1v) is 10.4. The van der Waals surface area contributed by atoms with Gasteiger partial charge in [-0.25, -0.2) is 5.01 Å². The lowest BCUT2D eigenvalue weighted by Crippen LogP contribution is -2.36. The average Bonchev–Trinajstić information content (AvgIpc) is 3.26. The van der Waals surface area contributed by atoms with Gasteiger partial charge >= 0.3 is 0 Å². The summed E-state index contributed by atoms with van der Waals surface area (Å²) in [6.07, 6.45) is 1.62. The van der Waals surface area contributed by atoms with Crippen LogP contribution in [-0.4, -0.2) is 10.7 Å². The minimum absolute atomic E-state index is 0.00207. The Morgan fingerprint density at radius 3 is 2.65 bits per heavy atom. The summed E-state index contributed by atoms with van der Waals surface area (Å²) in [6.45, 7) is 1.96. The van der Waals surface area contributed by atoms with Crippen molar-refractivity contribution in [3.05, 3.63) is 112 Å². The van der Waals surface area contributed by atoms with Crippen molar-refractivity contribution in [3.63, 3.8) is 0 Å². The fourth-order valence-corrected chi connectivity index (χ4v) is 4.47. The van der Waals surface area contributed by atoms with Crippen molar-refractivity contribution in [2.75, 3.05) is 0 Å². The number of rotatable bonds is 2. The summed E-state index contributed by atoms with van der Waals surface area (Å²) in [5.74, 6) is 0.780. The maximum absolute atomic E-state index is 13.4. The van der Waals surface area contributed by atoms with Crippen LogP contribution in [0.5, 0.6) is 5.75 Å². The van der Waals surface area contributed by atoms with Gasteiger partial charge in [0, 0.05) is 12.0 Å². The summed E-state index contributed by atoms with van der Waals surface area (Å²) in [6, 6.07) is 23.7. The van der Waals surface area contributed by atoms with Crippen molar-refractivity contribution in [1.82, 2.24) is 5.01 Å². The van der Waals surface area contributed by atoms with Crippen LogP contribution < -0.4 is 10.2 Å². The average molecular weight is 408 g/mol. The zero-order valence-electron chi connectivity index (χ0n) is 17.0. The number of hydrogen-bond donors (Lipinski definition) is 0. The van der Waals surface area contributed by atoms with Gasteiger partial charge in [-0.3, -0.25) is 4.79 Å². The lowest BCUT2D eigenvalue weighted by Gasteiger charge is -2.37. The molecule has 0 fully saturated rings. The van der Waals surface area contributed by atoms with Crippen molar-refractivity contribution in [2.45, 2.75) is 25.6 Å². The molecule has 5 nitrogen and oxygen atoms in total. The Labute approximate surface area is 179 Å². The Bertz CT molecular complexity index is 1390. The van der Waals surface area contributed by atoms with Crippen LogP contribution in [0, 0.1) is 6.92 Å². The van der Waals surface area contributed by atoms with E-state index in [9.17, 15) is 4.79 Å². The smallest absolute Gasteiger partial charge is 0.220 e. The molecule has 2 aliphatic rings. The molecule has 0 saturated carbocycles. The molecule has 1 aromatic heterocycles. The summed E-state index contributed by atoms with van der Waals surface area (Å²) < 4.78 is 12.2. The highest BCUT2D eigenvalue weighted by molar-refractivity contribution is 6.01. The largest absolute Gasteiger partial charge is 0.464 e. The van der Waals surface area contributed by atoms with E-state index < -0.39 is 6.23 Å². The van der Waals surface area contributed by atoms with E-state index >= 15 is 0 Å². The molecular formula is C26H20N2O3. The Morgan fingerprint density at radius 2 is 1.77 bits per heavy atom. The normalized spacial score (nSPS) is 19.5. The van der Waals surface area contributed by atoms with E-state index in [0.29, 0.717) is 16.5 Å². The fraction of sp³-hybridized carbons (Fsp3) is 0.154. The van der Waals surface area contributed by atoms with Gasteiger partial charge in [-0.1, -0.05) is 60.2 Å². The van der Waals surface area contributed by atoms with Crippen LogP contribution in [-0.2, 0) is 0 Å². The van der Waals surface area contributed by atoms with Gasteiger partial charge in [0.15, 0.2) is 0 Å². The van der Waals surface area contributed by atoms with E-state index in [2.05, 4.69) is 18.2 Å². The second-order valence-electron chi connectivity index (χ2n) is 8.04. The standard InChI is InChI=1S/C26H20N2O3/c1-16-11-12-23-19(13-16)25(29)20(15-30-23)26-28-22(18-9-5-6-10-24(18)31-26)14-21(27-28)17-7-3-2-4-8-17/h2-13,15,22,26H,14H2,1H3/t22-,26+/m1/s1. The molecular weight excluding hydrogens is 388 g/mol. The molecule has 0 N–H and O–H groups in total. The van der Waals surface area contributed by atoms with Crippen LogP contribution in [0.2, 0.25) is 0 Å². The molecule has 6 rings (SSSR count). The quantitative estimate of drug-likeness (QED) is 0.449. The summed E-state index contributed by atoms with van der Waals surface area (Å²) in [4.78, 5) is 13.4. The van der Waals surface area contributed by atoms with E-state index in [0.717, 1.165) is 34.6 Å². The van der Waals surface area contributed by atoms with Gasteiger partial charge < -0.3 is 9.15 Å². The van der Waals surface area contributed by atoms with Crippen molar-refractivity contribution < 1.29 is 9.15 Å². The number of hydrogen-bond acceptors (Lipinski definition) is 5. The minimum Gasteiger partial charge on any atom is -0.464 e. The van der Waals surface area contributed by atoms with E-state index in [1.165, 1.54) is 6.26 Å². The second-order valence-corrected chi connectivity index (χ2v) is 8.04. The van der Waals surface area contributed by atoms with Gasteiger partial charge in [0.1, 0.15) is 17.6 Å². The van der Waals surface area contributed by atoms with Crippen LogP contribution in [0.1, 0.15) is 40.9 Å². The topological polar surface area (TPSA) is 55.0 Å². The van der Waals surface area contributed by atoms with Crippen LogP contribution in [0.15, 0.2) is 93.4 Å². The first-order chi connectivity index (χ1) is 15.2. The molecule has 0 spiro atoms. The highest BCUT2D eigenvalue weighted by Gasteiger charge is 2.42. The number of para-hydroxylation sites is 1. The third-order valence-electron chi connectivity index (χ3n) is 6.03. The first-order valence-electron chi connectivity index (χ1n) is 10.4. The molecule has 0 radical (unpaired) electrons. The number of ether oxygens (including phenoxy) is 1. The van der Waals surface area contributed by atoms with Gasteiger partial charge in [-0.15, -0.1) is 0 Å². The predicted molar refractivity (Wildman–Crippen MR) is 119 cm³/mol. The minimum atomic E-state index is -0.651. The SMILES string of the molecule is Cc1ccc2occ([C@@H]3Oc4ccccc4[C@H]4CC(c5ccccc5)=NN43)c(=O)c2c1. The van der Waals surface area contributed by atoms with E-state index in [-0.39, 0.29) is 11.5 Å². The lowest BCUT2D eigenvalue weighted by atomic mass is 9.96. The number of aryl methyl sites for hydroxylation is 1. The van der Waals surface area contributed by atoms with E-state index in [1.54, 1.807) is 0 Å². The van der Waals surface area contributed by atoms with Gasteiger partial charge in [0.05, 0.1) is 22.7 Å². The third kappa shape index (κ3) is 2.85. The maximum atomic E-state index is 13.4. The molecule has 0 saturated heterocycles. The third-order valence-corrected chi connectivity index (χ3v) is 6.03. The lowest BCUT2D eigenvalue weighted by molar-refractivity contribution is -0.0205. The Kier molecular flexibility index (Phi) is 3.96. The number of nitrogens with zero attached hydrogens (tertiary/aromatic N) is 2. The molecule has 3 heterocycles. The van der Waals surface area contributed by atoms with Crippen LogP contribution in [0.3, 0.4) is 0 Å². The van der Waals surface area contributed by atoms with Crippen molar-refractivity contribution in [1.29, 1.82) is 0 Å². The van der Waals surface area contributed by atoms with Gasteiger partial charge in [-0.05, 0) is 30.7 Å². The highest BCUT2D eigenvalue weighted by atomic mass is 16.5. The zero-order valence-corrected chi connectivity index (χ0v) is 17.0. The molecule has 0 bridgehead atoms. The molecule has 0 amide bonds. The molecule has 31 heavy (non-hydrogen) atoms. The van der Waals surface area contributed by atoms with Gasteiger partial charge in [0.25, 0.3) is 0 Å². The number of hydrazone groups is 1. The molecule has 0 aliphatic carbocycles. The number of fused-ring (bicyclic) bond motifs is 4. The van der Waals surface area contributed by atoms with Crippen LogP contribution in [0.25, 0.3) is 11.0 Å².